The maximum atomic E-state index is 7.27. The summed E-state index contributed by atoms with van der Waals surface area (Å²) >= 11 is 5.30. The predicted octanol–water partition coefficient (Wildman–Crippen LogP) is 3.05. The fraction of sp³-hybridized carbons (Fsp3) is 0.545. The molecule has 1 rings (SSSR count). The number of nitrogens with one attached hydrogen (secondary N) is 1. The second-order valence-electron chi connectivity index (χ2n) is 4.03. The monoisotopic (exact) mass is 303 g/mol. The van der Waals surface area contributed by atoms with E-state index < -0.39 is 0 Å². The predicted molar refractivity (Wildman–Crippen MR) is 74.1 cm³/mol. The second-order valence-corrected chi connectivity index (χ2v) is 5.89. The van der Waals surface area contributed by atoms with Gasteiger partial charge in [-0.05, 0) is 41.2 Å². The van der Waals surface area contributed by atoms with Crippen LogP contribution in [0.5, 0.6) is 0 Å². The minimum Gasteiger partial charge on any atom is -0.388 e. The van der Waals surface area contributed by atoms with E-state index in [4.69, 9.17) is 11.1 Å². The standard InChI is InChI=1S/C11H18BrN3S/c1-8(2)15(5-3-11(13)14)7-10-9(12)4-6-16-10/h4,6,8H,3,5,7H2,1-2H3,(H3,13,14). The molecule has 1 heterocycles. The smallest absolute Gasteiger partial charge is 0.0918 e. The fourth-order valence-electron chi connectivity index (χ4n) is 1.41. The second kappa shape index (κ2) is 6.37. The lowest BCUT2D eigenvalue weighted by atomic mass is 10.2. The normalized spacial score (nSPS) is 11.3. The minimum absolute atomic E-state index is 0.260. The van der Waals surface area contributed by atoms with Crippen LogP contribution in [0.15, 0.2) is 15.9 Å². The molecule has 3 nitrogen and oxygen atoms in total. The topological polar surface area (TPSA) is 53.1 Å². The van der Waals surface area contributed by atoms with E-state index in [0.717, 1.165) is 13.1 Å². The summed E-state index contributed by atoms with van der Waals surface area (Å²) < 4.78 is 1.17. The largest absolute Gasteiger partial charge is 0.388 e. The van der Waals surface area contributed by atoms with Crippen LogP contribution in [0.2, 0.25) is 0 Å². The SMILES string of the molecule is CC(C)N(CCC(=N)N)Cc1sccc1Br. The highest BCUT2D eigenvalue weighted by Gasteiger charge is 2.12. The Bertz CT molecular complexity index is 349. The molecule has 0 spiro atoms. The Morgan fingerprint density at radius 3 is 2.75 bits per heavy atom. The average Bonchev–Trinajstić information content (AvgIpc) is 2.58. The Kier molecular flexibility index (Phi) is 5.44. The highest BCUT2D eigenvalue weighted by molar-refractivity contribution is 9.10. The molecule has 0 amide bonds. The van der Waals surface area contributed by atoms with E-state index in [9.17, 15) is 0 Å². The molecular weight excluding hydrogens is 286 g/mol. The van der Waals surface area contributed by atoms with E-state index in [2.05, 4.69) is 46.1 Å². The van der Waals surface area contributed by atoms with Crippen LogP contribution in [0.1, 0.15) is 25.1 Å². The van der Waals surface area contributed by atoms with Crippen LogP contribution in [-0.4, -0.2) is 23.3 Å². The number of nitrogens with two attached hydrogens (primary N) is 1. The first-order valence-electron chi connectivity index (χ1n) is 5.29. The molecule has 16 heavy (non-hydrogen) atoms. The highest BCUT2D eigenvalue weighted by atomic mass is 79.9. The Morgan fingerprint density at radius 2 is 2.31 bits per heavy atom. The molecule has 0 aromatic carbocycles. The third kappa shape index (κ3) is 4.23. The lowest BCUT2D eigenvalue weighted by molar-refractivity contribution is 0.220. The van der Waals surface area contributed by atoms with Gasteiger partial charge in [-0.3, -0.25) is 10.3 Å². The van der Waals surface area contributed by atoms with Crippen molar-refractivity contribution in [3.05, 3.63) is 20.8 Å². The summed E-state index contributed by atoms with van der Waals surface area (Å²) in [5, 5.41) is 9.35. The van der Waals surface area contributed by atoms with E-state index in [-0.39, 0.29) is 5.84 Å². The maximum Gasteiger partial charge on any atom is 0.0918 e. The lowest BCUT2D eigenvalue weighted by Crippen LogP contribution is -2.33. The molecule has 0 aliphatic rings. The number of thiophene rings is 1. The third-order valence-electron chi connectivity index (χ3n) is 2.44. The van der Waals surface area contributed by atoms with Gasteiger partial charge in [0.05, 0.1) is 5.84 Å². The zero-order valence-corrected chi connectivity index (χ0v) is 12.1. The zero-order chi connectivity index (χ0) is 12.1. The van der Waals surface area contributed by atoms with Crippen LogP contribution in [0.25, 0.3) is 0 Å². The third-order valence-corrected chi connectivity index (χ3v) is 4.35. The number of nitrogens with zero attached hydrogens (tertiary/aromatic N) is 1. The van der Waals surface area contributed by atoms with Crippen molar-refractivity contribution in [3.8, 4) is 0 Å². The van der Waals surface area contributed by atoms with Gasteiger partial charge in [-0.25, -0.2) is 0 Å². The molecule has 5 heteroatoms. The Hall–Kier alpha value is -0.390. The van der Waals surface area contributed by atoms with E-state index in [1.165, 1.54) is 9.35 Å². The van der Waals surface area contributed by atoms with Gasteiger partial charge in [0.1, 0.15) is 0 Å². The summed E-state index contributed by atoms with van der Waals surface area (Å²) in [6.45, 7) is 6.10. The summed E-state index contributed by atoms with van der Waals surface area (Å²) in [5.41, 5.74) is 5.39. The van der Waals surface area contributed by atoms with Crippen LogP contribution in [0.4, 0.5) is 0 Å². The van der Waals surface area contributed by atoms with Crippen molar-refractivity contribution in [2.45, 2.75) is 32.9 Å². The van der Waals surface area contributed by atoms with Crippen molar-refractivity contribution in [1.82, 2.24) is 4.90 Å². The first-order chi connectivity index (χ1) is 7.50. The molecular formula is C11H18BrN3S. The van der Waals surface area contributed by atoms with Gasteiger partial charge in [0, 0.05) is 34.9 Å². The van der Waals surface area contributed by atoms with Crippen LogP contribution in [-0.2, 0) is 6.54 Å². The Labute approximate surface area is 109 Å². The van der Waals surface area contributed by atoms with Gasteiger partial charge in [0.25, 0.3) is 0 Å². The van der Waals surface area contributed by atoms with E-state index in [1.54, 1.807) is 11.3 Å². The Morgan fingerprint density at radius 1 is 1.62 bits per heavy atom. The van der Waals surface area contributed by atoms with Gasteiger partial charge in [-0.15, -0.1) is 11.3 Å². The Balaban J connectivity index is 2.58. The lowest BCUT2D eigenvalue weighted by Gasteiger charge is -2.25. The molecule has 90 valence electrons. The fourth-order valence-corrected chi connectivity index (χ4v) is 2.91. The molecule has 1 aromatic heterocycles. The minimum atomic E-state index is 0.260. The van der Waals surface area contributed by atoms with Gasteiger partial charge in [0.2, 0.25) is 0 Å². The molecule has 0 fully saturated rings. The molecule has 0 radical (unpaired) electrons. The summed E-state index contributed by atoms with van der Waals surface area (Å²) in [6, 6.07) is 2.54. The summed E-state index contributed by atoms with van der Waals surface area (Å²) in [4.78, 5) is 3.66. The number of hydrogen-bond donors (Lipinski definition) is 2. The van der Waals surface area contributed by atoms with Crippen molar-refractivity contribution in [1.29, 1.82) is 5.41 Å². The molecule has 0 aliphatic heterocycles. The van der Waals surface area contributed by atoms with Crippen LogP contribution >= 0.6 is 27.3 Å². The molecule has 1 aromatic rings. The molecule has 0 saturated carbocycles. The van der Waals surface area contributed by atoms with Gasteiger partial charge in [0.15, 0.2) is 0 Å². The molecule has 0 atom stereocenters. The first-order valence-corrected chi connectivity index (χ1v) is 6.96. The average molecular weight is 304 g/mol. The van der Waals surface area contributed by atoms with Crippen LogP contribution in [0, 0.1) is 5.41 Å². The van der Waals surface area contributed by atoms with Crippen LogP contribution in [0.3, 0.4) is 0 Å². The number of amidine groups is 1. The number of rotatable bonds is 6. The quantitative estimate of drug-likeness (QED) is 0.627. The van der Waals surface area contributed by atoms with Crippen LogP contribution < -0.4 is 5.73 Å². The van der Waals surface area contributed by atoms with Gasteiger partial charge in [-0.2, -0.15) is 0 Å². The molecule has 0 bridgehead atoms. The highest BCUT2D eigenvalue weighted by Crippen LogP contribution is 2.24. The van der Waals surface area contributed by atoms with Crippen molar-refractivity contribution >= 4 is 33.1 Å². The zero-order valence-electron chi connectivity index (χ0n) is 9.66. The van der Waals surface area contributed by atoms with Gasteiger partial charge in [-0.1, -0.05) is 0 Å². The maximum absolute atomic E-state index is 7.27. The molecule has 0 aliphatic carbocycles. The van der Waals surface area contributed by atoms with Gasteiger partial charge < -0.3 is 5.73 Å². The van der Waals surface area contributed by atoms with E-state index in [0.29, 0.717) is 12.5 Å². The summed E-state index contributed by atoms with van der Waals surface area (Å²) in [6.07, 6.45) is 0.640. The van der Waals surface area contributed by atoms with Crippen molar-refractivity contribution in [3.63, 3.8) is 0 Å². The van der Waals surface area contributed by atoms with E-state index >= 15 is 0 Å². The number of halogens is 1. The van der Waals surface area contributed by atoms with Crippen molar-refractivity contribution < 1.29 is 0 Å². The summed E-state index contributed by atoms with van der Waals surface area (Å²) in [7, 11) is 0. The number of hydrogen-bond acceptors (Lipinski definition) is 3. The molecule has 3 N–H and O–H groups in total. The van der Waals surface area contributed by atoms with Crippen molar-refractivity contribution in [2.24, 2.45) is 5.73 Å². The van der Waals surface area contributed by atoms with E-state index in [1.807, 2.05) is 0 Å². The summed E-state index contributed by atoms with van der Waals surface area (Å²) in [5.74, 6) is 0.260. The first kappa shape index (κ1) is 13.7. The molecule has 0 saturated heterocycles. The van der Waals surface area contributed by atoms with Gasteiger partial charge >= 0.3 is 0 Å². The van der Waals surface area contributed by atoms with Crippen molar-refractivity contribution in [2.75, 3.05) is 6.54 Å². The molecule has 0 unspecified atom stereocenters.